The Morgan fingerprint density at radius 1 is 0.935 bits per heavy atom. The number of aryl methyl sites for hydroxylation is 2. The average Bonchev–Trinajstić information content (AvgIpc) is 2.75. The van der Waals surface area contributed by atoms with Gasteiger partial charge in [0.1, 0.15) is 0 Å². The minimum atomic E-state index is -0.576. The second-order valence-electron chi connectivity index (χ2n) is 7.36. The number of nitrogens with one attached hydrogen (secondary N) is 1. The molecule has 2 aromatic rings. The number of ether oxygens (including phenoxy) is 1. The summed E-state index contributed by atoms with van der Waals surface area (Å²) < 4.78 is 5.13. The summed E-state index contributed by atoms with van der Waals surface area (Å²) in [6.45, 7) is 9.13. The van der Waals surface area contributed by atoms with Crippen molar-refractivity contribution in [1.82, 2.24) is 4.90 Å². The van der Waals surface area contributed by atoms with Crippen LogP contribution in [0.5, 0.6) is 0 Å². The van der Waals surface area contributed by atoms with E-state index in [2.05, 4.69) is 24.1 Å². The number of amides is 2. The number of rotatable bonds is 9. The highest BCUT2D eigenvalue weighted by molar-refractivity contribution is 5.96. The number of benzene rings is 2. The van der Waals surface area contributed by atoms with Crippen molar-refractivity contribution in [1.29, 1.82) is 0 Å². The number of carbonyl (C=O) groups excluding carboxylic acids is 3. The lowest BCUT2D eigenvalue weighted by Crippen LogP contribution is -2.37. The van der Waals surface area contributed by atoms with Crippen LogP contribution < -0.4 is 10.2 Å². The molecule has 0 aliphatic heterocycles. The molecule has 0 radical (unpaired) electrons. The topological polar surface area (TPSA) is 79.0 Å². The third-order valence-electron chi connectivity index (χ3n) is 5.11. The van der Waals surface area contributed by atoms with Crippen LogP contribution in [0.1, 0.15) is 35.3 Å². The van der Waals surface area contributed by atoms with Crippen LogP contribution in [-0.4, -0.2) is 56.0 Å². The van der Waals surface area contributed by atoms with E-state index < -0.39 is 18.5 Å². The summed E-state index contributed by atoms with van der Waals surface area (Å²) in [5.74, 6) is -1.34. The molecule has 0 unspecified atom stereocenters. The maximum Gasteiger partial charge on any atom is 0.338 e. The molecule has 2 amide bonds. The Morgan fingerprint density at radius 3 is 2.06 bits per heavy atom. The average molecular weight is 426 g/mol. The van der Waals surface area contributed by atoms with Crippen molar-refractivity contribution >= 4 is 29.2 Å². The molecular formula is C24H31N3O4. The zero-order valence-electron chi connectivity index (χ0n) is 18.9. The van der Waals surface area contributed by atoms with Crippen molar-refractivity contribution in [3.63, 3.8) is 0 Å². The summed E-state index contributed by atoms with van der Waals surface area (Å²) in [6.07, 6.45) is 0. The number of nitrogens with zero attached hydrogens (tertiary/aromatic N) is 2. The highest BCUT2D eigenvalue weighted by Crippen LogP contribution is 2.19. The van der Waals surface area contributed by atoms with Crippen LogP contribution in [0.15, 0.2) is 42.5 Å². The highest BCUT2D eigenvalue weighted by atomic mass is 16.5. The maximum atomic E-state index is 12.3. The molecule has 31 heavy (non-hydrogen) atoms. The van der Waals surface area contributed by atoms with E-state index in [0.717, 1.165) is 35.6 Å². The van der Waals surface area contributed by atoms with E-state index in [0.29, 0.717) is 5.56 Å². The van der Waals surface area contributed by atoms with E-state index >= 15 is 0 Å². The van der Waals surface area contributed by atoms with Crippen LogP contribution in [0.25, 0.3) is 0 Å². The largest absolute Gasteiger partial charge is 0.452 e. The number of carbonyl (C=O) groups is 3. The van der Waals surface area contributed by atoms with E-state index in [9.17, 15) is 14.4 Å². The second kappa shape index (κ2) is 11.2. The van der Waals surface area contributed by atoms with Crippen molar-refractivity contribution in [2.24, 2.45) is 0 Å². The monoisotopic (exact) mass is 425 g/mol. The zero-order chi connectivity index (χ0) is 23.0. The van der Waals surface area contributed by atoms with Gasteiger partial charge in [0.2, 0.25) is 5.91 Å². The molecule has 0 aliphatic carbocycles. The van der Waals surface area contributed by atoms with E-state index in [1.165, 1.54) is 11.9 Å². The first-order valence-corrected chi connectivity index (χ1v) is 10.4. The smallest absolute Gasteiger partial charge is 0.338 e. The number of para-hydroxylation sites is 1. The highest BCUT2D eigenvalue weighted by Gasteiger charge is 2.17. The van der Waals surface area contributed by atoms with Crippen LogP contribution in [0.4, 0.5) is 11.4 Å². The SMILES string of the molecule is CCN(CC)c1ccc(C(=O)OCC(=O)N(C)CC(=O)Nc2c(C)cccc2C)cc1. The van der Waals surface area contributed by atoms with E-state index in [1.807, 2.05) is 44.2 Å². The van der Waals surface area contributed by atoms with Crippen molar-refractivity contribution in [2.75, 3.05) is 43.5 Å². The minimum Gasteiger partial charge on any atom is -0.452 e. The molecule has 0 bridgehead atoms. The van der Waals surface area contributed by atoms with Gasteiger partial charge in [-0.1, -0.05) is 18.2 Å². The van der Waals surface area contributed by atoms with Gasteiger partial charge in [-0.3, -0.25) is 9.59 Å². The van der Waals surface area contributed by atoms with Gasteiger partial charge in [0.05, 0.1) is 12.1 Å². The lowest BCUT2D eigenvalue weighted by molar-refractivity contribution is -0.136. The first-order valence-electron chi connectivity index (χ1n) is 10.4. The van der Waals surface area contributed by atoms with E-state index in [1.54, 1.807) is 12.1 Å². The molecule has 0 atom stereocenters. The lowest BCUT2D eigenvalue weighted by Gasteiger charge is -2.21. The van der Waals surface area contributed by atoms with Gasteiger partial charge >= 0.3 is 5.97 Å². The molecule has 0 heterocycles. The second-order valence-corrected chi connectivity index (χ2v) is 7.36. The molecule has 2 aromatic carbocycles. The quantitative estimate of drug-likeness (QED) is 0.623. The number of hydrogen-bond donors (Lipinski definition) is 1. The molecule has 0 spiro atoms. The van der Waals surface area contributed by atoms with Gasteiger partial charge in [0.15, 0.2) is 6.61 Å². The Balaban J connectivity index is 1.85. The first kappa shape index (κ1) is 23.9. The zero-order valence-corrected chi connectivity index (χ0v) is 18.9. The van der Waals surface area contributed by atoms with Crippen molar-refractivity contribution < 1.29 is 19.1 Å². The van der Waals surface area contributed by atoms with Crippen LogP contribution >= 0.6 is 0 Å². The Morgan fingerprint density at radius 2 is 1.52 bits per heavy atom. The maximum absolute atomic E-state index is 12.3. The molecule has 166 valence electrons. The van der Waals surface area contributed by atoms with E-state index in [4.69, 9.17) is 4.74 Å². The fourth-order valence-electron chi connectivity index (χ4n) is 3.21. The summed E-state index contributed by atoms with van der Waals surface area (Å²) >= 11 is 0. The minimum absolute atomic E-state index is 0.136. The molecular weight excluding hydrogens is 394 g/mol. The van der Waals surface area contributed by atoms with Gasteiger partial charge in [-0.05, 0) is 63.1 Å². The number of hydrogen-bond acceptors (Lipinski definition) is 5. The summed E-state index contributed by atoms with van der Waals surface area (Å²) in [7, 11) is 1.50. The van der Waals surface area contributed by atoms with Crippen molar-refractivity contribution in [3.05, 3.63) is 59.2 Å². The summed E-state index contributed by atoms with van der Waals surface area (Å²) in [5, 5.41) is 2.83. The Kier molecular flexibility index (Phi) is 8.61. The number of likely N-dealkylation sites (N-methyl/N-ethyl adjacent to an activating group) is 1. The molecule has 0 aliphatic rings. The molecule has 2 rings (SSSR count). The molecule has 0 aromatic heterocycles. The van der Waals surface area contributed by atoms with Crippen LogP contribution in [0, 0.1) is 13.8 Å². The molecule has 0 fully saturated rings. The van der Waals surface area contributed by atoms with Crippen LogP contribution in [-0.2, 0) is 14.3 Å². The summed E-state index contributed by atoms with van der Waals surface area (Å²) in [5.41, 5.74) is 4.03. The van der Waals surface area contributed by atoms with Gasteiger partial charge in [-0.25, -0.2) is 4.79 Å². The van der Waals surface area contributed by atoms with Gasteiger partial charge in [0.25, 0.3) is 5.91 Å². The van der Waals surface area contributed by atoms with Gasteiger partial charge in [-0.2, -0.15) is 0 Å². The van der Waals surface area contributed by atoms with E-state index in [-0.39, 0.29) is 12.5 Å². The molecule has 7 nitrogen and oxygen atoms in total. The van der Waals surface area contributed by atoms with Gasteiger partial charge in [-0.15, -0.1) is 0 Å². The lowest BCUT2D eigenvalue weighted by atomic mass is 10.1. The van der Waals surface area contributed by atoms with Gasteiger partial charge in [0, 0.05) is 31.5 Å². The first-order chi connectivity index (χ1) is 14.8. The number of esters is 1. The molecule has 0 saturated heterocycles. The standard InChI is InChI=1S/C24H31N3O4/c1-6-27(7-2)20-13-11-19(12-14-20)24(30)31-16-22(29)26(5)15-21(28)25-23-17(3)9-8-10-18(23)4/h8-14H,6-7,15-16H2,1-5H3,(H,25,28). The predicted octanol–water partition coefficient (Wildman–Crippen LogP) is 3.40. The van der Waals surface area contributed by atoms with Gasteiger partial charge < -0.3 is 19.9 Å². The predicted molar refractivity (Wildman–Crippen MR) is 122 cm³/mol. The van der Waals surface area contributed by atoms with Crippen LogP contribution in [0.3, 0.4) is 0 Å². The fraction of sp³-hybridized carbons (Fsp3) is 0.375. The number of anilines is 2. The van der Waals surface area contributed by atoms with Crippen molar-refractivity contribution in [2.45, 2.75) is 27.7 Å². The normalized spacial score (nSPS) is 10.4. The summed E-state index contributed by atoms with van der Waals surface area (Å²) in [6, 6.07) is 12.8. The van der Waals surface area contributed by atoms with Crippen molar-refractivity contribution in [3.8, 4) is 0 Å². The third-order valence-corrected chi connectivity index (χ3v) is 5.11. The van der Waals surface area contributed by atoms with Crippen LogP contribution in [0.2, 0.25) is 0 Å². The summed E-state index contributed by atoms with van der Waals surface area (Å²) in [4.78, 5) is 40.2. The molecule has 0 saturated carbocycles. The fourth-order valence-corrected chi connectivity index (χ4v) is 3.21. The Bertz CT molecular complexity index is 901. The molecule has 7 heteroatoms. The molecule has 1 N–H and O–H groups in total. The Labute approximate surface area is 184 Å². The Hall–Kier alpha value is -3.35. The third kappa shape index (κ3) is 6.57.